The van der Waals surface area contributed by atoms with Gasteiger partial charge in [0.2, 0.25) is 0 Å². The number of aliphatic hydroxyl groups is 1. The summed E-state index contributed by atoms with van der Waals surface area (Å²) in [6, 6.07) is 2.76. The van der Waals surface area contributed by atoms with Gasteiger partial charge in [-0.1, -0.05) is 0 Å². The predicted molar refractivity (Wildman–Crippen MR) is 66.7 cm³/mol. The summed E-state index contributed by atoms with van der Waals surface area (Å²) in [4.78, 5) is 0. The van der Waals surface area contributed by atoms with Crippen molar-refractivity contribution in [2.75, 3.05) is 6.54 Å². The van der Waals surface area contributed by atoms with Crippen molar-refractivity contribution in [3.05, 3.63) is 29.7 Å². The van der Waals surface area contributed by atoms with E-state index in [9.17, 15) is 9.50 Å². The topological polar surface area (TPSA) is 60.9 Å². The third kappa shape index (κ3) is 2.11. The van der Waals surface area contributed by atoms with Gasteiger partial charge in [0.15, 0.2) is 0 Å². The van der Waals surface area contributed by atoms with E-state index < -0.39 is 6.10 Å². The van der Waals surface area contributed by atoms with Crippen molar-refractivity contribution in [2.45, 2.75) is 31.4 Å². The Morgan fingerprint density at radius 3 is 3.06 bits per heavy atom. The first-order chi connectivity index (χ1) is 8.57. The first-order valence-corrected chi connectivity index (χ1v) is 6.13. The Morgan fingerprint density at radius 2 is 2.33 bits per heavy atom. The molecule has 0 aliphatic heterocycles. The molecule has 0 radical (unpaired) electrons. The molecule has 4 nitrogen and oxygen atoms in total. The van der Waals surface area contributed by atoms with Crippen molar-refractivity contribution in [2.24, 2.45) is 0 Å². The molecule has 0 unspecified atom stereocenters. The highest BCUT2D eigenvalue weighted by Gasteiger charge is 2.37. The van der Waals surface area contributed by atoms with Gasteiger partial charge in [-0.15, -0.1) is 0 Å². The van der Waals surface area contributed by atoms with Gasteiger partial charge in [-0.3, -0.25) is 5.10 Å². The molecule has 5 heteroatoms. The van der Waals surface area contributed by atoms with Crippen molar-refractivity contribution in [3.8, 4) is 0 Å². The zero-order valence-electron chi connectivity index (χ0n) is 10.2. The van der Waals surface area contributed by atoms with Gasteiger partial charge < -0.3 is 10.4 Å². The number of H-pyrrole nitrogens is 1. The van der Waals surface area contributed by atoms with Crippen molar-refractivity contribution in [1.29, 1.82) is 0 Å². The minimum Gasteiger partial charge on any atom is -0.387 e. The number of benzene rings is 1. The van der Waals surface area contributed by atoms with Crippen LogP contribution in [-0.4, -0.2) is 27.4 Å². The second-order valence-corrected chi connectivity index (χ2v) is 5.28. The zero-order chi connectivity index (χ0) is 12.8. The van der Waals surface area contributed by atoms with Gasteiger partial charge in [0.25, 0.3) is 0 Å². The van der Waals surface area contributed by atoms with Gasteiger partial charge in [-0.2, -0.15) is 5.10 Å². The van der Waals surface area contributed by atoms with E-state index in [4.69, 9.17) is 0 Å². The van der Waals surface area contributed by atoms with Crippen molar-refractivity contribution in [3.63, 3.8) is 0 Å². The molecule has 96 valence electrons. The van der Waals surface area contributed by atoms with E-state index in [1.165, 1.54) is 12.1 Å². The molecule has 1 atom stereocenters. The number of hydrogen-bond acceptors (Lipinski definition) is 3. The minimum absolute atomic E-state index is 0.157. The van der Waals surface area contributed by atoms with Crippen LogP contribution in [0.3, 0.4) is 0 Å². The Labute approximate surface area is 104 Å². The average Bonchev–Trinajstić information content (AvgIpc) is 2.89. The third-order valence-corrected chi connectivity index (χ3v) is 3.64. The number of aliphatic hydroxyl groups excluding tert-OH is 1. The maximum atomic E-state index is 13.4. The van der Waals surface area contributed by atoms with Crippen LogP contribution in [0.5, 0.6) is 0 Å². The number of fused-ring (bicyclic) bond motifs is 1. The molecule has 3 rings (SSSR count). The Hall–Kier alpha value is -1.46. The van der Waals surface area contributed by atoms with Gasteiger partial charge in [0, 0.05) is 17.5 Å². The Bertz CT molecular complexity index is 577. The van der Waals surface area contributed by atoms with Crippen LogP contribution in [0.2, 0.25) is 0 Å². The Kier molecular flexibility index (Phi) is 2.60. The number of β-amino-alcohol motifs (C(OH)–C–C–N with tert-alkyl or cyclic N) is 1. The highest BCUT2D eigenvalue weighted by Crippen LogP contribution is 2.35. The summed E-state index contributed by atoms with van der Waals surface area (Å²) in [5.41, 5.74) is 1.35. The lowest BCUT2D eigenvalue weighted by molar-refractivity contribution is 0.170. The van der Waals surface area contributed by atoms with Crippen LogP contribution in [0, 0.1) is 5.82 Å². The van der Waals surface area contributed by atoms with Gasteiger partial charge in [-0.05, 0) is 37.5 Å². The summed E-state index contributed by atoms with van der Waals surface area (Å²) >= 11 is 0. The third-order valence-electron chi connectivity index (χ3n) is 3.64. The smallest absolute Gasteiger partial charge is 0.125 e. The molecule has 1 aliphatic rings. The molecule has 0 spiro atoms. The van der Waals surface area contributed by atoms with E-state index in [-0.39, 0.29) is 11.4 Å². The van der Waals surface area contributed by atoms with Crippen LogP contribution in [0.15, 0.2) is 18.3 Å². The van der Waals surface area contributed by atoms with E-state index >= 15 is 0 Å². The highest BCUT2D eigenvalue weighted by atomic mass is 19.1. The van der Waals surface area contributed by atoms with E-state index in [2.05, 4.69) is 22.4 Å². The van der Waals surface area contributed by atoms with E-state index in [1.54, 1.807) is 6.20 Å². The summed E-state index contributed by atoms with van der Waals surface area (Å²) in [6.07, 6.45) is 3.15. The molecular formula is C13H16FN3O. The standard InChI is InChI=1S/C13H16FN3O/c1-13(2-3-13)15-7-12(18)9-4-8(14)5-11-10(9)6-16-17-11/h4-6,12,15,18H,2-3,7H2,1H3,(H,16,17)/t12-/m0/s1. The number of aromatic nitrogens is 2. The summed E-state index contributed by atoms with van der Waals surface area (Å²) < 4.78 is 13.4. The minimum atomic E-state index is -0.724. The molecule has 2 aromatic rings. The molecular weight excluding hydrogens is 233 g/mol. The molecule has 1 aliphatic carbocycles. The van der Waals surface area contributed by atoms with Crippen molar-refractivity contribution < 1.29 is 9.50 Å². The second-order valence-electron chi connectivity index (χ2n) is 5.28. The molecule has 0 amide bonds. The molecule has 1 heterocycles. The van der Waals surface area contributed by atoms with Crippen LogP contribution < -0.4 is 5.32 Å². The number of aromatic amines is 1. The molecule has 1 saturated carbocycles. The zero-order valence-corrected chi connectivity index (χ0v) is 10.2. The number of nitrogens with zero attached hydrogens (tertiary/aromatic N) is 1. The first kappa shape index (κ1) is 11.6. The molecule has 1 aromatic carbocycles. The number of hydrogen-bond donors (Lipinski definition) is 3. The molecule has 18 heavy (non-hydrogen) atoms. The average molecular weight is 249 g/mol. The number of rotatable bonds is 4. The van der Waals surface area contributed by atoms with Crippen LogP contribution in [-0.2, 0) is 0 Å². The van der Waals surface area contributed by atoms with Crippen LogP contribution in [0.25, 0.3) is 10.9 Å². The summed E-state index contributed by atoms with van der Waals surface area (Å²) in [5.74, 6) is -0.363. The molecule has 1 aromatic heterocycles. The maximum Gasteiger partial charge on any atom is 0.125 e. The fourth-order valence-corrected chi connectivity index (χ4v) is 2.14. The van der Waals surface area contributed by atoms with Gasteiger partial charge in [0.1, 0.15) is 5.82 Å². The van der Waals surface area contributed by atoms with Crippen LogP contribution in [0.1, 0.15) is 31.4 Å². The lowest BCUT2D eigenvalue weighted by atomic mass is 10.0. The van der Waals surface area contributed by atoms with Gasteiger partial charge >= 0.3 is 0 Å². The molecule has 0 saturated heterocycles. The Morgan fingerprint density at radius 1 is 1.56 bits per heavy atom. The number of halogens is 1. The van der Waals surface area contributed by atoms with E-state index in [0.717, 1.165) is 18.2 Å². The van der Waals surface area contributed by atoms with E-state index in [1.807, 2.05) is 0 Å². The fourth-order valence-electron chi connectivity index (χ4n) is 2.14. The number of nitrogens with one attached hydrogen (secondary N) is 2. The van der Waals surface area contributed by atoms with E-state index in [0.29, 0.717) is 17.6 Å². The van der Waals surface area contributed by atoms with Crippen molar-refractivity contribution >= 4 is 10.9 Å². The highest BCUT2D eigenvalue weighted by molar-refractivity contribution is 5.82. The Balaban J connectivity index is 1.85. The van der Waals surface area contributed by atoms with Gasteiger partial charge in [-0.25, -0.2) is 4.39 Å². The normalized spacial score (nSPS) is 19.1. The lowest BCUT2D eigenvalue weighted by Gasteiger charge is -2.17. The maximum absolute atomic E-state index is 13.4. The molecule has 3 N–H and O–H groups in total. The molecule has 1 fully saturated rings. The van der Waals surface area contributed by atoms with Crippen LogP contribution in [0.4, 0.5) is 4.39 Å². The van der Waals surface area contributed by atoms with Crippen molar-refractivity contribution in [1.82, 2.24) is 15.5 Å². The first-order valence-electron chi connectivity index (χ1n) is 6.13. The van der Waals surface area contributed by atoms with Crippen LogP contribution >= 0.6 is 0 Å². The lowest BCUT2D eigenvalue weighted by Crippen LogP contribution is -2.32. The monoisotopic (exact) mass is 249 g/mol. The quantitative estimate of drug-likeness (QED) is 0.775. The largest absolute Gasteiger partial charge is 0.387 e. The fraction of sp³-hybridized carbons (Fsp3) is 0.462. The second kappa shape index (κ2) is 4.03. The summed E-state index contributed by atoms with van der Waals surface area (Å²) in [5, 5.41) is 20.9. The summed E-state index contributed by atoms with van der Waals surface area (Å²) in [6.45, 7) is 2.55. The van der Waals surface area contributed by atoms with Gasteiger partial charge in [0.05, 0.1) is 17.8 Å². The SMILES string of the molecule is CC1(NC[C@H](O)c2cc(F)cc3[nH]ncc23)CC1. The predicted octanol–water partition coefficient (Wildman–Crippen LogP) is 1.88. The molecule has 0 bridgehead atoms. The summed E-state index contributed by atoms with van der Waals surface area (Å²) in [7, 11) is 0.